The van der Waals surface area contributed by atoms with Crippen molar-refractivity contribution in [1.82, 2.24) is 30.3 Å². The van der Waals surface area contributed by atoms with E-state index in [1.54, 1.807) is 14.0 Å². The summed E-state index contributed by atoms with van der Waals surface area (Å²) in [4.78, 5) is 17.5. The molecule has 0 saturated carbocycles. The van der Waals surface area contributed by atoms with E-state index < -0.39 is 0 Å². The number of nitrogen functional groups attached to an aromatic ring is 1. The number of nitrogens with one attached hydrogen (secondary N) is 2. The molecule has 0 fully saturated rings. The van der Waals surface area contributed by atoms with E-state index in [-0.39, 0.29) is 11.7 Å². The lowest BCUT2D eigenvalue weighted by atomic mass is 10.3. The predicted molar refractivity (Wildman–Crippen MR) is 59.9 cm³/mol. The van der Waals surface area contributed by atoms with Gasteiger partial charge in [-0.1, -0.05) is 0 Å². The van der Waals surface area contributed by atoms with Crippen molar-refractivity contribution in [1.29, 1.82) is 0 Å². The van der Waals surface area contributed by atoms with Gasteiger partial charge in [-0.25, -0.2) is 4.98 Å². The van der Waals surface area contributed by atoms with Crippen molar-refractivity contribution in [3.05, 3.63) is 23.4 Å². The van der Waals surface area contributed by atoms with Crippen LogP contribution < -0.4 is 5.73 Å². The van der Waals surface area contributed by atoms with Crippen molar-refractivity contribution in [2.45, 2.75) is 13.5 Å². The highest BCUT2D eigenvalue weighted by atomic mass is 16.2. The second-order valence-electron chi connectivity index (χ2n) is 3.70. The highest BCUT2D eigenvalue weighted by molar-refractivity contribution is 5.92. The van der Waals surface area contributed by atoms with Gasteiger partial charge < -0.3 is 10.6 Å². The monoisotopic (exact) mass is 235 g/mol. The van der Waals surface area contributed by atoms with Gasteiger partial charge in [-0.3, -0.25) is 15.0 Å². The van der Waals surface area contributed by atoms with Gasteiger partial charge in [-0.15, -0.1) is 0 Å². The van der Waals surface area contributed by atoms with Crippen molar-refractivity contribution < 1.29 is 4.79 Å². The molecule has 2 heterocycles. The third-order valence-corrected chi connectivity index (χ3v) is 2.20. The molecule has 2 rings (SSSR count). The number of anilines is 1. The lowest BCUT2D eigenvalue weighted by Gasteiger charge is -2.13. The minimum Gasteiger partial charge on any atom is -0.382 e. The van der Waals surface area contributed by atoms with Crippen LogP contribution in [0, 0.1) is 6.92 Å². The van der Waals surface area contributed by atoms with Gasteiger partial charge in [0, 0.05) is 13.1 Å². The topological polar surface area (TPSA) is 117 Å². The molecule has 0 radical (unpaired) electrons. The number of aryl methyl sites for hydroxylation is 1. The SMILES string of the molecule is Cc1nc(CN(C)C(=O)c2cc(N)n[nH]2)n[nH]1. The number of H-pyrrole nitrogens is 2. The van der Waals surface area contributed by atoms with Crippen LogP contribution in [0.4, 0.5) is 5.82 Å². The van der Waals surface area contributed by atoms with Crippen molar-refractivity contribution >= 4 is 11.7 Å². The Hall–Kier alpha value is -2.38. The van der Waals surface area contributed by atoms with E-state index in [4.69, 9.17) is 5.73 Å². The van der Waals surface area contributed by atoms with E-state index >= 15 is 0 Å². The molecule has 0 aromatic carbocycles. The molecular weight excluding hydrogens is 222 g/mol. The van der Waals surface area contributed by atoms with E-state index in [9.17, 15) is 4.79 Å². The zero-order valence-electron chi connectivity index (χ0n) is 9.56. The maximum atomic E-state index is 11.9. The van der Waals surface area contributed by atoms with Crippen LogP contribution in [0.15, 0.2) is 6.07 Å². The molecule has 0 unspecified atom stereocenters. The summed E-state index contributed by atoms with van der Waals surface area (Å²) in [7, 11) is 1.66. The first-order valence-corrected chi connectivity index (χ1v) is 5.00. The summed E-state index contributed by atoms with van der Waals surface area (Å²) in [5, 5.41) is 12.9. The summed E-state index contributed by atoms with van der Waals surface area (Å²) in [5.41, 5.74) is 5.77. The van der Waals surface area contributed by atoms with Crippen LogP contribution in [0.2, 0.25) is 0 Å². The lowest BCUT2D eigenvalue weighted by molar-refractivity contribution is 0.0776. The Bertz CT molecular complexity index is 529. The Kier molecular flexibility index (Phi) is 2.77. The molecule has 8 heteroatoms. The van der Waals surface area contributed by atoms with Crippen LogP contribution in [0.25, 0.3) is 0 Å². The number of hydrogen-bond acceptors (Lipinski definition) is 5. The molecule has 2 aromatic rings. The summed E-state index contributed by atoms with van der Waals surface area (Å²) in [6.45, 7) is 2.12. The van der Waals surface area contributed by atoms with Gasteiger partial charge in [0.1, 0.15) is 17.3 Å². The van der Waals surface area contributed by atoms with Gasteiger partial charge >= 0.3 is 0 Å². The van der Waals surface area contributed by atoms with E-state index in [1.807, 2.05) is 0 Å². The Labute approximate surface area is 97.2 Å². The van der Waals surface area contributed by atoms with Gasteiger partial charge in [0.25, 0.3) is 5.91 Å². The molecule has 17 heavy (non-hydrogen) atoms. The predicted octanol–water partition coefficient (Wildman–Crippen LogP) is -0.309. The first kappa shape index (κ1) is 11.1. The molecule has 0 aliphatic carbocycles. The van der Waals surface area contributed by atoms with Gasteiger partial charge in [-0.2, -0.15) is 10.2 Å². The Balaban J connectivity index is 2.05. The van der Waals surface area contributed by atoms with Gasteiger partial charge in [0.05, 0.1) is 6.54 Å². The Morgan fingerprint density at radius 2 is 2.24 bits per heavy atom. The summed E-state index contributed by atoms with van der Waals surface area (Å²) < 4.78 is 0. The standard InChI is InChI=1S/C9H13N7O/c1-5-11-8(15-12-5)4-16(2)9(17)6-3-7(10)14-13-6/h3H,4H2,1-2H3,(H3,10,13,14)(H,11,12,15). The average Bonchev–Trinajstić information content (AvgIpc) is 2.87. The molecule has 2 aromatic heterocycles. The van der Waals surface area contributed by atoms with Crippen molar-refractivity contribution in [3.63, 3.8) is 0 Å². The molecule has 0 spiro atoms. The second-order valence-corrected chi connectivity index (χ2v) is 3.70. The molecule has 1 amide bonds. The van der Waals surface area contributed by atoms with Crippen molar-refractivity contribution in [3.8, 4) is 0 Å². The van der Waals surface area contributed by atoms with Crippen molar-refractivity contribution in [2.24, 2.45) is 0 Å². The highest BCUT2D eigenvalue weighted by Crippen LogP contribution is 2.06. The molecule has 0 bridgehead atoms. The van der Waals surface area contributed by atoms with Crippen LogP contribution in [-0.4, -0.2) is 43.2 Å². The summed E-state index contributed by atoms with van der Waals surface area (Å²) in [6, 6.07) is 1.49. The first-order chi connectivity index (χ1) is 8.06. The quantitative estimate of drug-likeness (QED) is 0.674. The van der Waals surface area contributed by atoms with Crippen LogP contribution in [0.1, 0.15) is 22.1 Å². The lowest BCUT2D eigenvalue weighted by Crippen LogP contribution is -2.27. The molecule has 0 atom stereocenters. The summed E-state index contributed by atoms with van der Waals surface area (Å²) in [6.07, 6.45) is 0. The molecule has 0 aliphatic heterocycles. The van der Waals surface area contributed by atoms with Crippen LogP contribution >= 0.6 is 0 Å². The average molecular weight is 235 g/mol. The number of aromatic amines is 2. The minimum atomic E-state index is -0.211. The number of amides is 1. The fourth-order valence-corrected chi connectivity index (χ4v) is 1.40. The molecule has 4 N–H and O–H groups in total. The van der Waals surface area contributed by atoms with Gasteiger partial charge in [0.2, 0.25) is 0 Å². The molecular formula is C9H13N7O. The number of nitrogens with two attached hydrogens (primary N) is 1. The first-order valence-electron chi connectivity index (χ1n) is 5.00. The van der Waals surface area contributed by atoms with E-state index in [1.165, 1.54) is 11.0 Å². The summed E-state index contributed by atoms with van der Waals surface area (Å²) in [5.74, 6) is 1.35. The molecule has 8 nitrogen and oxygen atoms in total. The number of hydrogen-bond donors (Lipinski definition) is 3. The number of carbonyl (C=O) groups excluding carboxylic acids is 1. The number of nitrogens with zero attached hydrogens (tertiary/aromatic N) is 4. The minimum absolute atomic E-state index is 0.211. The van der Waals surface area contributed by atoms with E-state index in [0.29, 0.717) is 23.9 Å². The normalized spacial score (nSPS) is 10.5. The highest BCUT2D eigenvalue weighted by Gasteiger charge is 2.15. The second kappa shape index (κ2) is 4.24. The fourth-order valence-electron chi connectivity index (χ4n) is 1.40. The van der Waals surface area contributed by atoms with Crippen LogP contribution in [-0.2, 0) is 6.54 Å². The molecule has 0 saturated heterocycles. The maximum absolute atomic E-state index is 11.9. The molecule has 90 valence electrons. The van der Waals surface area contributed by atoms with E-state index in [0.717, 1.165) is 0 Å². The number of carbonyl (C=O) groups is 1. The van der Waals surface area contributed by atoms with Crippen LogP contribution in [0.5, 0.6) is 0 Å². The van der Waals surface area contributed by atoms with Crippen LogP contribution in [0.3, 0.4) is 0 Å². The number of aromatic nitrogens is 5. The third kappa shape index (κ3) is 2.41. The smallest absolute Gasteiger partial charge is 0.272 e. The maximum Gasteiger partial charge on any atom is 0.272 e. The number of rotatable bonds is 3. The summed E-state index contributed by atoms with van der Waals surface area (Å²) >= 11 is 0. The van der Waals surface area contributed by atoms with E-state index in [2.05, 4.69) is 25.4 Å². The Morgan fingerprint density at radius 3 is 2.76 bits per heavy atom. The van der Waals surface area contributed by atoms with Crippen molar-refractivity contribution in [2.75, 3.05) is 12.8 Å². The largest absolute Gasteiger partial charge is 0.382 e. The van der Waals surface area contributed by atoms with Gasteiger partial charge in [0.15, 0.2) is 5.82 Å². The zero-order chi connectivity index (χ0) is 12.4. The fraction of sp³-hybridized carbons (Fsp3) is 0.333. The molecule has 0 aliphatic rings. The zero-order valence-corrected chi connectivity index (χ0v) is 9.56. The third-order valence-electron chi connectivity index (χ3n) is 2.20. The Morgan fingerprint density at radius 1 is 1.47 bits per heavy atom. The van der Waals surface area contributed by atoms with Gasteiger partial charge in [-0.05, 0) is 6.92 Å².